The van der Waals surface area contributed by atoms with E-state index in [-0.39, 0.29) is 11.6 Å². The van der Waals surface area contributed by atoms with Crippen LogP contribution in [0.1, 0.15) is 42.3 Å². The van der Waals surface area contributed by atoms with Crippen LogP contribution in [0.15, 0.2) is 65.8 Å². The van der Waals surface area contributed by atoms with E-state index in [1.807, 2.05) is 18.2 Å². The van der Waals surface area contributed by atoms with Crippen LogP contribution in [-0.4, -0.2) is 16.7 Å². The van der Waals surface area contributed by atoms with Crippen LogP contribution < -0.4 is 4.74 Å². The Labute approximate surface area is 223 Å². The van der Waals surface area contributed by atoms with Crippen LogP contribution in [-0.2, 0) is 17.6 Å². The Morgan fingerprint density at radius 1 is 1.06 bits per heavy atom. The van der Waals surface area contributed by atoms with E-state index in [1.54, 1.807) is 31.4 Å². The molecule has 0 aliphatic heterocycles. The summed E-state index contributed by atoms with van der Waals surface area (Å²) in [5.74, 6) is 0.260. The smallest absolute Gasteiger partial charge is 0.173 e. The molecule has 186 valence electrons. The summed E-state index contributed by atoms with van der Waals surface area (Å²) in [7, 11) is 1.60. The summed E-state index contributed by atoms with van der Waals surface area (Å²) in [4.78, 5) is 5.01. The largest absolute Gasteiger partial charge is 0.495 e. The molecule has 8 heteroatoms. The highest BCUT2D eigenvalue weighted by Gasteiger charge is 2.40. The zero-order valence-electron chi connectivity index (χ0n) is 19.8. The monoisotopic (exact) mass is 544 g/mol. The molecular formula is C28H24Cl2F2N2OS. The molecule has 1 heterocycles. The van der Waals surface area contributed by atoms with Crippen LogP contribution in [0.5, 0.6) is 5.75 Å². The molecule has 1 aliphatic carbocycles. The highest BCUT2D eigenvalue weighted by atomic mass is 35.5. The first-order valence-electron chi connectivity index (χ1n) is 11.6. The first-order chi connectivity index (χ1) is 17.3. The van der Waals surface area contributed by atoms with Crippen LogP contribution in [0.2, 0.25) is 10.0 Å². The molecule has 0 N–H and O–H groups in total. The molecule has 1 unspecified atom stereocenters. The average Bonchev–Trinajstić information content (AvgIpc) is 3.24. The van der Waals surface area contributed by atoms with E-state index in [1.165, 1.54) is 30.0 Å². The van der Waals surface area contributed by atoms with Gasteiger partial charge >= 0.3 is 0 Å². The number of aromatic nitrogens is 2. The van der Waals surface area contributed by atoms with E-state index in [4.69, 9.17) is 32.9 Å². The fourth-order valence-corrected chi connectivity index (χ4v) is 6.50. The lowest BCUT2D eigenvalue weighted by atomic mass is 9.71. The van der Waals surface area contributed by atoms with Crippen LogP contribution >= 0.6 is 35.0 Å². The second kappa shape index (κ2) is 10.1. The second-order valence-electron chi connectivity index (χ2n) is 9.03. The fourth-order valence-electron chi connectivity index (χ4n) is 4.93. The number of ether oxygens (including phenoxy) is 1. The molecule has 36 heavy (non-hydrogen) atoms. The predicted octanol–water partition coefficient (Wildman–Crippen LogP) is 8.40. The third kappa shape index (κ3) is 4.51. The Morgan fingerprint density at radius 2 is 1.83 bits per heavy atom. The molecule has 0 saturated carbocycles. The minimum absolute atomic E-state index is 0.314. The van der Waals surface area contributed by atoms with Crippen molar-refractivity contribution < 1.29 is 13.5 Å². The van der Waals surface area contributed by atoms with Crippen molar-refractivity contribution in [2.45, 2.75) is 42.5 Å². The minimum Gasteiger partial charge on any atom is -0.495 e. The van der Waals surface area contributed by atoms with Crippen LogP contribution in [0.4, 0.5) is 8.78 Å². The lowest BCUT2D eigenvalue weighted by Crippen LogP contribution is -2.31. The maximum atomic E-state index is 14.5. The Hall–Kier alpha value is -2.54. The molecule has 5 rings (SSSR count). The molecule has 1 atom stereocenters. The summed E-state index contributed by atoms with van der Waals surface area (Å²) >= 11 is 14.0. The molecule has 3 aromatic carbocycles. The van der Waals surface area contributed by atoms with E-state index < -0.39 is 5.41 Å². The SMILES string of the molecule is COc1cc(C2(C)CCCc3nc(SCc4c(F)cccc4Cl)n(-c4ccc(F)cc4)c32)ccc1Cl. The Balaban J connectivity index is 1.67. The number of hydrogen-bond acceptors (Lipinski definition) is 3. The number of hydrogen-bond donors (Lipinski definition) is 0. The minimum atomic E-state index is -0.401. The van der Waals surface area contributed by atoms with Crippen molar-refractivity contribution >= 4 is 35.0 Å². The van der Waals surface area contributed by atoms with Gasteiger partial charge in [-0.3, -0.25) is 4.57 Å². The third-order valence-corrected chi connectivity index (χ3v) is 8.44. The van der Waals surface area contributed by atoms with Gasteiger partial charge in [0.15, 0.2) is 5.16 Å². The number of imidazole rings is 1. The van der Waals surface area contributed by atoms with E-state index >= 15 is 0 Å². The number of methoxy groups -OCH3 is 1. The number of rotatable bonds is 6. The Bertz CT molecular complexity index is 1400. The van der Waals surface area contributed by atoms with Crippen LogP contribution in [0.3, 0.4) is 0 Å². The standard InChI is InChI=1S/C28H24Cl2F2N2OS/c1-28(17-8-13-22(30)25(15-17)35-2)14-4-7-24-26(28)34(19-11-9-18(31)10-12-19)27(33-24)36-16-20-21(29)5-3-6-23(20)32/h3,5-6,8-13,15H,4,7,14,16H2,1-2H3. The van der Waals surface area contributed by atoms with Gasteiger partial charge in [0.05, 0.1) is 23.5 Å². The molecule has 0 fully saturated rings. The second-order valence-corrected chi connectivity index (χ2v) is 10.8. The molecule has 1 aliphatic rings. The molecule has 0 bridgehead atoms. The van der Waals surface area contributed by atoms with E-state index in [9.17, 15) is 8.78 Å². The zero-order chi connectivity index (χ0) is 25.4. The number of nitrogens with zero attached hydrogens (tertiary/aromatic N) is 2. The number of fused-ring (bicyclic) bond motifs is 1. The highest BCUT2D eigenvalue weighted by Crippen LogP contribution is 2.47. The van der Waals surface area contributed by atoms with Gasteiger partial charge in [0.2, 0.25) is 0 Å². The number of halogens is 4. The van der Waals surface area contributed by atoms with Gasteiger partial charge in [0.25, 0.3) is 0 Å². The Morgan fingerprint density at radius 3 is 2.56 bits per heavy atom. The quantitative estimate of drug-likeness (QED) is 0.228. The van der Waals surface area contributed by atoms with Crippen LogP contribution in [0.25, 0.3) is 5.69 Å². The van der Waals surface area contributed by atoms with Gasteiger partial charge < -0.3 is 4.74 Å². The van der Waals surface area contributed by atoms with Gasteiger partial charge in [-0.2, -0.15) is 0 Å². The highest BCUT2D eigenvalue weighted by molar-refractivity contribution is 7.98. The van der Waals surface area contributed by atoms with E-state index in [2.05, 4.69) is 11.5 Å². The van der Waals surface area contributed by atoms with Gasteiger partial charge in [-0.05, 0) is 80.3 Å². The van der Waals surface area contributed by atoms with Gasteiger partial charge in [-0.25, -0.2) is 13.8 Å². The van der Waals surface area contributed by atoms with Gasteiger partial charge in [0, 0.05) is 27.4 Å². The van der Waals surface area contributed by atoms with Crippen molar-refractivity contribution in [2.75, 3.05) is 7.11 Å². The normalized spacial score (nSPS) is 17.2. The third-order valence-electron chi connectivity index (χ3n) is 6.81. The van der Waals surface area contributed by atoms with Gasteiger partial charge in [-0.1, -0.05) is 47.1 Å². The summed E-state index contributed by atoms with van der Waals surface area (Å²) in [6, 6.07) is 16.9. The predicted molar refractivity (Wildman–Crippen MR) is 142 cm³/mol. The number of thioether (sulfide) groups is 1. The van der Waals surface area contributed by atoms with Gasteiger partial charge in [-0.15, -0.1) is 0 Å². The number of aryl methyl sites for hydroxylation is 1. The van der Waals surface area contributed by atoms with Crippen molar-refractivity contribution in [3.8, 4) is 11.4 Å². The molecule has 0 saturated heterocycles. The van der Waals surface area contributed by atoms with Gasteiger partial charge in [0.1, 0.15) is 17.4 Å². The van der Waals surface area contributed by atoms with Crippen LogP contribution in [0, 0.1) is 11.6 Å². The molecule has 0 amide bonds. The molecule has 4 aromatic rings. The zero-order valence-corrected chi connectivity index (χ0v) is 22.2. The fraction of sp³-hybridized carbons (Fsp3) is 0.250. The molecule has 0 spiro atoms. The first-order valence-corrected chi connectivity index (χ1v) is 13.3. The molecular weight excluding hydrogens is 521 g/mol. The number of benzene rings is 3. The van der Waals surface area contributed by atoms with Crippen molar-refractivity contribution in [2.24, 2.45) is 0 Å². The average molecular weight is 545 g/mol. The van der Waals surface area contributed by atoms with E-state index in [0.717, 1.165) is 41.9 Å². The first kappa shape index (κ1) is 25.1. The van der Waals surface area contributed by atoms with Crippen molar-refractivity contribution in [1.29, 1.82) is 0 Å². The van der Waals surface area contributed by atoms with Crippen molar-refractivity contribution in [3.63, 3.8) is 0 Å². The van der Waals surface area contributed by atoms with Crippen molar-refractivity contribution in [3.05, 3.63) is 105 Å². The Kier molecular flexibility index (Phi) is 7.03. The lowest BCUT2D eigenvalue weighted by molar-refractivity contribution is 0.407. The summed E-state index contributed by atoms with van der Waals surface area (Å²) in [5.41, 5.74) is 3.89. The summed E-state index contributed by atoms with van der Waals surface area (Å²) in [5, 5.41) is 1.64. The van der Waals surface area contributed by atoms with E-state index in [0.29, 0.717) is 32.3 Å². The maximum Gasteiger partial charge on any atom is 0.173 e. The maximum absolute atomic E-state index is 14.5. The van der Waals surface area contributed by atoms with Crippen molar-refractivity contribution in [1.82, 2.24) is 9.55 Å². The molecule has 0 radical (unpaired) electrons. The topological polar surface area (TPSA) is 27.1 Å². The summed E-state index contributed by atoms with van der Waals surface area (Å²) < 4.78 is 35.9. The lowest BCUT2D eigenvalue weighted by Gasteiger charge is -2.36. The molecule has 3 nitrogen and oxygen atoms in total. The summed E-state index contributed by atoms with van der Waals surface area (Å²) in [6.07, 6.45) is 2.66. The molecule has 1 aromatic heterocycles. The summed E-state index contributed by atoms with van der Waals surface area (Å²) in [6.45, 7) is 2.19.